The maximum atomic E-state index is 12.5. The quantitative estimate of drug-likeness (QED) is 0.0320. The molecule has 0 aliphatic heterocycles. The van der Waals surface area contributed by atoms with Crippen molar-refractivity contribution in [3.05, 3.63) is 12.2 Å². The number of aliphatic hydroxyl groups is 2. The summed E-state index contributed by atoms with van der Waals surface area (Å²) < 4.78 is 5.48. The summed E-state index contributed by atoms with van der Waals surface area (Å²) in [6, 6.07) is -0.554. The van der Waals surface area contributed by atoms with Crippen molar-refractivity contribution in [2.45, 2.75) is 398 Å². The first-order chi connectivity index (χ1) is 36.5. The maximum absolute atomic E-state index is 12.5. The van der Waals surface area contributed by atoms with Crippen molar-refractivity contribution < 1.29 is 24.5 Å². The molecule has 0 aliphatic rings. The van der Waals surface area contributed by atoms with Gasteiger partial charge in [0.1, 0.15) is 0 Å². The SMILES string of the molecule is CCCCCCCCCCCCCCCCCCCCCCCCCCCC(O)C(CO)NC(=O)CCCCCCCCC/C=C\CCCCCCOC(=O)CCCCCCCCCCCCCCCCCCC. The number of allylic oxidation sites excluding steroid dienone is 2. The Balaban J connectivity index is 3.43. The monoisotopic (exact) mass is 1040 g/mol. The molecule has 0 saturated heterocycles. The Hall–Kier alpha value is -1.40. The zero-order valence-corrected chi connectivity index (χ0v) is 50.4. The highest BCUT2D eigenvalue weighted by molar-refractivity contribution is 5.76. The molecule has 0 saturated carbocycles. The van der Waals surface area contributed by atoms with Crippen LogP contribution in [-0.4, -0.2) is 47.4 Å². The van der Waals surface area contributed by atoms with Crippen molar-refractivity contribution in [1.29, 1.82) is 0 Å². The van der Waals surface area contributed by atoms with Crippen LogP contribution in [0.5, 0.6) is 0 Å². The fourth-order valence-corrected chi connectivity index (χ4v) is 10.9. The summed E-state index contributed by atoms with van der Waals surface area (Å²) in [5.74, 6) is -0.0496. The lowest BCUT2D eigenvalue weighted by molar-refractivity contribution is -0.143. The van der Waals surface area contributed by atoms with Crippen LogP contribution >= 0.6 is 0 Å². The van der Waals surface area contributed by atoms with Gasteiger partial charge in [0.25, 0.3) is 0 Å². The van der Waals surface area contributed by atoms with Gasteiger partial charge in [0.2, 0.25) is 5.91 Å². The van der Waals surface area contributed by atoms with E-state index in [1.165, 1.54) is 283 Å². The largest absolute Gasteiger partial charge is 0.466 e. The second-order valence-electron chi connectivity index (χ2n) is 23.5. The minimum Gasteiger partial charge on any atom is -0.466 e. The second kappa shape index (κ2) is 64.1. The van der Waals surface area contributed by atoms with Gasteiger partial charge in [-0.25, -0.2) is 0 Å². The third kappa shape index (κ3) is 59.8. The summed E-state index contributed by atoms with van der Waals surface area (Å²) in [4.78, 5) is 24.6. The smallest absolute Gasteiger partial charge is 0.305 e. The molecule has 1 amide bonds. The predicted molar refractivity (Wildman–Crippen MR) is 324 cm³/mol. The third-order valence-corrected chi connectivity index (χ3v) is 16.1. The number of nitrogens with one attached hydrogen (secondary N) is 1. The van der Waals surface area contributed by atoms with E-state index in [-0.39, 0.29) is 18.5 Å². The van der Waals surface area contributed by atoms with E-state index in [1.807, 2.05) is 0 Å². The molecule has 0 bridgehead atoms. The Morgan fingerprint density at radius 2 is 0.635 bits per heavy atom. The summed E-state index contributed by atoms with van der Waals surface area (Å²) in [6.07, 6.45) is 78.1. The van der Waals surface area contributed by atoms with E-state index >= 15 is 0 Å². The number of rotatable bonds is 64. The number of hydrogen-bond acceptors (Lipinski definition) is 5. The highest BCUT2D eigenvalue weighted by Crippen LogP contribution is 2.19. The van der Waals surface area contributed by atoms with Gasteiger partial charge in [0.05, 0.1) is 25.4 Å². The van der Waals surface area contributed by atoms with Crippen molar-refractivity contribution >= 4 is 11.9 Å². The molecule has 0 aliphatic carbocycles. The fourth-order valence-electron chi connectivity index (χ4n) is 10.9. The molecule has 6 nitrogen and oxygen atoms in total. The molecule has 0 spiro atoms. The average Bonchev–Trinajstić information content (AvgIpc) is 3.40. The van der Waals surface area contributed by atoms with Gasteiger partial charge in [-0.3, -0.25) is 9.59 Å². The van der Waals surface area contributed by atoms with Crippen LogP contribution in [0.4, 0.5) is 0 Å². The van der Waals surface area contributed by atoms with Crippen LogP contribution < -0.4 is 5.32 Å². The van der Waals surface area contributed by atoms with E-state index < -0.39 is 12.1 Å². The van der Waals surface area contributed by atoms with E-state index in [1.54, 1.807) is 0 Å². The molecule has 0 heterocycles. The van der Waals surface area contributed by atoms with Gasteiger partial charge < -0.3 is 20.3 Å². The summed E-state index contributed by atoms with van der Waals surface area (Å²) in [5.41, 5.74) is 0. The van der Waals surface area contributed by atoms with Gasteiger partial charge in [-0.1, -0.05) is 334 Å². The van der Waals surface area contributed by atoms with E-state index in [0.29, 0.717) is 25.9 Å². The van der Waals surface area contributed by atoms with Gasteiger partial charge in [-0.2, -0.15) is 0 Å². The second-order valence-corrected chi connectivity index (χ2v) is 23.5. The van der Waals surface area contributed by atoms with Crippen LogP contribution in [0.3, 0.4) is 0 Å². The number of hydrogen-bond donors (Lipinski definition) is 3. The molecule has 0 radical (unpaired) electrons. The van der Waals surface area contributed by atoms with Crippen molar-refractivity contribution in [3.63, 3.8) is 0 Å². The van der Waals surface area contributed by atoms with Crippen LogP contribution in [-0.2, 0) is 14.3 Å². The number of ether oxygens (including phenoxy) is 1. The topological polar surface area (TPSA) is 95.9 Å². The Kier molecular flexibility index (Phi) is 62.9. The van der Waals surface area contributed by atoms with Gasteiger partial charge in [0, 0.05) is 12.8 Å². The minimum absolute atomic E-state index is 0.00459. The lowest BCUT2D eigenvalue weighted by Gasteiger charge is -2.22. The summed E-state index contributed by atoms with van der Waals surface area (Å²) in [7, 11) is 0. The van der Waals surface area contributed by atoms with E-state index in [9.17, 15) is 19.8 Å². The van der Waals surface area contributed by atoms with Crippen LogP contribution in [0.2, 0.25) is 0 Å². The Morgan fingerprint density at radius 1 is 0.365 bits per heavy atom. The standard InChI is InChI=1S/C68H133NO5/c1-3-5-7-9-11-13-15-17-19-21-22-23-24-25-26-27-28-30-32-36-40-44-48-52-56-60-66(71)65(64-70)69-67(72)61-57-53-49-45-41-37-33-31-35-39-43-47-51-55-59-63-74-68(73)62-58-54-50-46-42-38-34-29-20-18-16-14-12-10-8-6-4-2/h35,39,65-66,70-71H,3-34,36-38,40-64H2,1-2H3,(H,69,72)/b39-35-. The molecule has 3 N–H and O–H groups in total. The first kappa shape index (κ1) is 72.6. The van der Waals surface area contributed by atoms with E-state index in [2.05, 4.69) is 31.3 Å². The lowest BCUT2D eigenvalue weighted by atomic mass is 10.0. The van der Waals surface area contributed by atoms with Crippen molar-refractivity contribution in [3.8, 4) is 0 Å². The van der Waals surface area contributed by atoms with Crippen molar-refractivity contribution in [2.24, 2.45) is 0 Å². The summed E-state index contributed by atoms with van der Waals surface area (Å²) in [5, 5.41) is 23.4. The Labute approximate surface area is 463 Å². The van der Waals surface area contributed by atoms with Gasteiger partial charge in [-0.05, 0) is 51.4 Å². The molecule has 0 rings (SSSR count). The average molecular weight is 1040 g/mol. The number of aliphatic hydroxyl groups excluding tert-OH is 2. The molecule has 2 atom stereocenters. The van der Waals surface area contributed by atoms with Crippen molar-refractivity contribution in [1.82, 2.24) is 5.32 Å². The van der Waals surface area contributed by atoms with Crippen LogP contribution in [0, 0.1) is 0 Å². The lowest BCUT2D eigenvalue weighted by Crippen LogP contribution is -2.45. The number of carbonyl (C=O) groups excluding carboxylic acids is 2. The zero-order valence-electron chi connectivity index (χ0n) is 50.4. The first-order valence-electron chi connectivity index (χ1n) is 33.9. The van der Waals surface area contributed by atoms with E-state index in [0.717, 1.165) is 70.6 Å². The molecule has 0 aromatic carbocycles. The maximum Gasteiger partial charge on any atom is 0.305 e. The molecule has 440 valence electrons. The molecule has 0 fully saturated rings. The fraction of sp³-hybridized carbons (Fsp3) is 0.941. The van der Waals surface area contributed by atoms with Gasteiger partial charge >= 0.3 is 5.97 Å². The third-order valence-electron chi connectivity index (χ3n) is 16.1. The highest BCUT2D eigenvalue weighted by Gasteiger charge is 2.20. The Bertz CT molecular complexity index is 1110. The molecular formula is C68H133NO5. The number of carbonyl (C=O) groups is 2. The first-order valence-corrected chi connectivity index (χ1v) is 33.9. The van der Waals surface area contributed by atoms with Crippen LogP contribution in [0.15, 0.2) is 12.2 Å². The Morgan fingerprint density at radius 3 is 0.959 bits per heavy atom. The molecule has 0 aromatic rings. The number of amides is 1. The van der Waals surface area contributed by atoms with Crippen LogP contribution in [0.25, 0.3) is 0 Å². The number of unbranched alkanes of at least 4 members (excludes halogenated alkanes) is 51. The molecular weight excluding hydrogens is 911 g/mol. The predicted octanol–water partition coefficient (Wildman–Crippen LogP) is 21.6. The van der Waals surface area contributed by atoms with Gasteiger partial charge in [0.15, 0.2) is 0 Å². The van der Waals surface area contributed by atoms with Gasteiger partial charge in [-0.15, -0.1) is 0 Å². The zero-order chi connectivity index (χ0) is 53.6. The summed E-state index contributed by atoms with van der Waals surface area (Å²) >= 11 is 0. The molecule has 74 heavy (non-hydrogen) atoms. The molecule has 2 unspecified atom stereocenters. The van der Waals surface area contributed by atoms with Crippen LogP contribution in [0.1, 0.15) is 386 Å². The highest BCUT2D eigenvalue weighted by atomic mass is 16.5. The molecule has 6 heteroatoms. The van der Waals surface area contributed by atoms with E-state index in [4.69, 9.17) is 4.74 Å². The normalized spacial score (nSPS) is 12.5. The number of esters is 1. The minimum atomic E-state index is -0.675. The summed E-state index contributed by atoms with van der Waals surface area (Å²) in [6.45, 7) is 4.96. The van der Waals surface area contributed by atoms with Crippen molar-refractivity contribution in [2.75, 3.05) is 13.2 Å². The molecule has 0 aromatic heterocycles.